The molecule has 0 aliphatic heterocycles. The topological polar surface area (TPSA) is 81.2 Å². The van der Waals surface area contributed by atoms with Gasteiger partial charge in [-0.15, -0.1) is 0 Å². The molecule has 2 rings (SSSR count). The van der Waals surface area contributed by atoms with E-state index in [2.05, 4.69) is 15.0 Å². The monoisotopic (exact) mass is 349 g/mol. The Morgan fingerprint density at radius 1 is 1.20 bits per heavy atom. The van der Waals surface area contributed by atoms with E-state index in [1.807, 2.05) is 0 Å². The highest BCUT2D eigenvalue weighted by molar-refractivity contribution is 7.71. The van der Waals surface area contributed by atoms with E-state index in [4.69, 9.17) is 47.0 Å². The molecule has 0 saturated carbocycles. The number of aromatic amines is 2. The number of aliphatic imine (C=N–C) groups is 1. The standard InChI is InChI=1S/C11H6Cl3N3O2S/c12-4-1-6(13)8(7(14)2-4)15-3-5-9(18)16-11(20)17-10(5)19/h1-3H,(H3,16,17,18,19,20). The number of hydrogen-bond donors (Lipinski definition) is 3. The van der Waals surface area contributed by atoms with E-state index in [1.165, 1.54) is 12.1 Å². The molecule has 5 nitrogen and oxygen atoms in total. The molecule has 0 atom stereocenters. The largest absolute Gasteiger partial charge is 0.494 e. The fourth-order valence-corrected chi connectivity index (χ4v) is 2.49. The van der Waals surface area contributed by atoms with Crippen molar-refractivity contribution in [3.8, 4) is 5.88 Å². The molecule has 3 N–H and O–H groups in total. The number of hydrogen-bond acceptors (Lipinski definition) is 4. The van der Waals surface area contributed by atoms with Crippen molar-refractivity contribution in [2.45, 2.75) is 0 Å². The first kappa shape index (κ1) is 15.1. The Hall–Kier alpha value is -1.34. The van der Waals surface area contributed by atoms with Crippen LogP contribution in [0.3, 0.4) is 0 Å². The molecule has 0 fully saturated rings. The molecule has 0 unspecified atom stereocenters. The second kappa shape index (κ2) is 5.97. The van der Waals surface area contributed by atoms with Crippen molar-refractivity contribution in [3.63, 3.8) is 0 Å². The number of nitrogens with zero attached hydrogens (tertiary/aromatic N) is 1. The Labute approximate surface area is 132 Å². The number of aromatic hydroxyl groups is 1. The molecule has 0 amide bonds. The number of H-pyrrole nitrogens is 2. The molecule has 0 bridgehead atoms. The summed E-state index contributed by atoms with van der Waals surface area (Å²) in [5.74, 6) is -0.399. The number of nitrogens with one attached hydrogen (secondary N) is 2. The van der Waals surface area contributed by atoms with E-state index < -0.39 is 11.4 Å². The van der Waals surface area contributed by atoms with E-state index in [-0.39, 0.29) is 26.1 Å². The van der Waals surface area contributed by atoms with Gasteiger partial charge in [-0.2, -0.15) is 0 Å². The van der Waals surface area contributed by atoms with Crippen molar-refractivity contribution in [3.05, 3.63) is 47.9 Å². The SMILES string of the molecule is O=c1[nH]c(=S)[nH]c(O)c1C=Nc1c(Cl)cc(Cl)cc1Cl. The van der Waals surface area contributed by atoms with Gasteiger partial charge in [0.25, 0.3) is 5.56 Å². The fourth-order valence-electron chi connectivity index (χ4n) is 1.39. The van der Waals surface area contributed by atoms with Gasteiger partial charge in [0.05, 0.1) is 10.0 Å². The second-order valence-electron chi connectivity index (χ2n) is 3.65. The van der Waals surface area contributed by atoms with Crippen LogP contribution in [0.2, 0.25) is 15.1 Å². The maximum Gasteiger partial charge on any atom is 0.264 e. The number of rotatable bonds is 2. The Bertz CT molecular complexity index is 790. The minimum atomic E-state index is -0.587. The van der Waals surface area contributed by atoms with Gasteiger partial charge in [-0.3, -0.25) is 14.8 Å². The summed E-state index contributed by atoms with van der Waals surface area (Å²) in [5, 5.41) is 10.4. The van der Waals surface area contributed by atoms with E-state index >= 15 is 0 Å². The molecule has 1 heterocycles. The lowest BCUT2D eigenvalue weighted by molar-refractivity contribution is 0.449. The molecule has 2 aromatic rings. The van der Waals surface area contributed by atoms with Crippen LogP contribution in [0.25, 0.3) is 0 Å². The lowest BCUT2D eigenvalue weighted by Gasteiger charge is -2.02. The van der Waals surface area contributed by atoms with Gasteiger partial charge in [0.15, 0.2) is 4.77 Å². The van der Waals surface area contributed by atoms with Crippen LogP contribution in [-0.2, 0) is 0 Å². The molecular formula is C11H6Cl3N3O2S. The predicted octanol–water partition coefficient (Wildman–Crippen LogP) is 3.85. The van der Waals surface area contributed by atoms with Gasteiger partial charge in [0.1, 0.15) is 11.3 Å². The highest BCUT2D eigenvalue weighted by atomic mass is 35.5. The molecule has 0 saturated heterocycles. The van der Waals surface area contributed by atoms with Crippen LogP contribution in [-0.4, -0.2) is 21.3 Å². The summed E-state index contributed by atoms with van der Waals surface area (Å²) in [7, 11) is 0. The van der Waals surface area contributed by atoms with Gasteiger partial charge in [0, 0.05) is 11.2 Å². The molecule has 0 aliphatic rings. The maximum absolute atomic E-state index is 11.6. The van der Waals surface area contributed by atoms with E-state index in [9.17, 15) is 9.90 Å². The third-order valence-electron chi connectivity index (χ3n) is 2.26. The van der Waals surface area contributed by atoms with Crippen LogP contribution in [0.15, 0.2) is 21.9 Å². The number of aromatic nitrogens is 2. The van der Waals surface area contributed by atoms with E-state index in [0.29, 0.717) is 5.02 Å². The van der Waals surface area contributed by atoms with Crippen LogP contribution in [0.1, 0.15) is 5.56 Å². The maximum atomic E-state index is 11.6. The van der Waals surface area contributed by atoms with Gasteiger partial charge < -0.3 is 10.1 Å². The van der Waals surface area contributed by atoms with Gasteiger partial charge in [-0.1, -0.05) is 34.8 Å². The van der Waals surface area contributed by atoms with Crippen LogP contribution < -0.4 is 5.56 Å². The minimum Gasteiger partial charge on any atom is -0.494 e. The summed E-state index contributed by atoms with van der Waals surface area (Å²) in [6.07, 6.45) is 1.13. The smallest absolute Gasteiger partial charge is 0.264 e. The third-order valence-corrected chi connectivity index (χ3v) is 3.26. The quantitative estimate of drug-likeness (QED) is 0.568. The normalized spacial score (nSPS) is 11.2. The summed E-state index contributed by atoms with van der Waals surface area (Å²) in [6.45, 7) is 0. The first-order valence-corrected chi connectivity index (χ1v) is 6.67. The van der Waals surface area contributed by atoms with E-state index in [1.54, 1.807) is 0 Å². The molecule has 20 heavy (non-hydrogen) atoms. The van der Waals surface area contributed by atoms with Crippen molar-refractivity contribution >= 4 is 58.9 Å². The van der Waals surface area contributed by atoms with Crippen molar-refractivity contribution in [2.24, 2.45) is 4.99 Å². The summed E-state index contributed by atoms with van der Waals surface area (Å²) >= 11 is 22.4. The van der Waals surface area contributed by atoms with Crippen LogP contribution in [0.5, 0.6) is 5.88 Å². The van der Waals surface area contributed by atoms with Crippen molar-refractivity contribution in [2.75, 3.05) is 0 Å². The molecule has 9 heteroatoms. The van der Waals surface area contributed by atoms with Crippen molar-refractivity contribution < 1.29 is 5.11 Å². The Kier molecular flexibility index (Phi) is 4.49. The van der Waals surface area contributed by atoms with Crippen LogP contribution in [0, 0.1) is 4.77 Å². The Morgan fingerprint density at radius 2 is 1.80 bits per heavy atom. The Morgan fingerprint density at radius 3 is 2.35 bits per heavy atom. The molecular weight excluding hydrogens is 345 g/mol. The molecule has 0 aliphatic carbocycles. The minimum absolute atomic E-state index is 0.00667. The van der Waals surface area contributed by atoms with Gasteiger partial charge >= 0.3 is 0 Å². The lowest BCUT2D eigenvalue weighted by Crippen LogP contribution is -2.13. The summed E-state index contributed by atoms with van der Waals surface area (Å²) in [6, 6.07) is 2.93. The Balaban J connectivity index is 2.51. The van der Waals surface area contributed by atoms with Gasteiger partial charge in [-0.25, -0.2) is 0 Å². The first-order chi connectivity index (χ1) is 9.38. The van der Waals surface area contributed by atoms with Gasteiger partial charge in [0.2, 0.25) is 5.88 Å². The fraction of sp³-hybridized carbons (Fsp3) is 0. The second-order valence-corrected chi connectivity index (χ2v) is 5.31. The average Bonchev–Trinajstić information content (AvgIpc) is 2.30. The highest BCUT2D eigenvalue weighted by Gasteiger charge is 2.08. The molecule has 0 radical (unpaired) electrons. The van der Waals surface area contributed by atoms with E-state index in [0.717, 1.165) is 6.21 Å². The molecule has 1 aromatic heterocycles. The zero-order valence-electron chi connectivity index (χ0n) is 9.58. The summed E-state index contributed by atoms with van der Waals surface area (Å²) in [5.41, 5.74) is -0.448. The first-order valence-electron chi connectivity index (χ1n) is 5.12. The highest BCUT2D eigenvalue weighted by Crippen LogP contribution is 2.35. The van der Waals surface area contributed by atoms with Gasteiger partial charge in [-0.05, 0) is 24.4 Å². The van der Waals surface area contributed by atoms with Crippen molar-refractivity contribution in [1.29, 1.82) is 0 Å². The number of halogens is 3. The van der Waals surface area contributed by atoms with Crippen LogP contribution in [0.4, 0.5) is 5.69 Å². The zero-order valence-corrected chi connectivity index (χ0v) is 12.7. The lowest BCUT2D eigenvalue weighted by atomic mass is 10.3. The van der Waals surface area contributed by atoms with Crippen molar-refractivity contribution in [1.82, 2.24) is 9.97 Å². The predicted molar refractivity (Wildman–Crippen MR) is 82.6 cm³/mol. The average molecular weight is 351 g/mol. The number of benzene rings is 1. The summed E-state index contributed by atoms with van der Waals surface area (Å²) < 4.78 is 0.00667. The molecule has 0 spiro atoms. The van der Waals surface area contributed by atoms with Crippen LogP contribution >= 0.6 is 47.0 Å². The zero-order chi connectivity index (χ0) is 14.9. The molecule has 1 aromatic carbocycles. The molecule has 104 valence electrons. The summed E-state index contributed by atoms with van der Waals surface area (Å²) in [4.78, 5) is 20.3. The third kappa shape index (κ3) is 3.21.